The summed E-state index contributed by atoms with van der Waals surface area (Å²) in [6.45, 7) is 0.364. The van der Waals surface area contributed by atoms with Crippen LogP contribution in [0.4, 0.5) is 4.79 Å². The normalized spacial score (nSPS) is 17.4. The first-order chi connectivity index (χ1) is 17.1. The quantitative estimate of drug-likeness (QED) is 0.393. The van der Waals surface area contributed by atoms with Crippen LogP contribution in [0.1, 0.15) is 16.7 Å². The van der Waals surface area contributed by atoms with Crippen LogP contribution in [0.25, 0.3) is 0 Å². The summed E-state index contributed by atoms with van der Waals surface area (Å²) in [4.78, 5) is 37.7. The Kier molecular flexibility index (Phi) is 8.08. The molecule has 35 heavy (non-hydrogen) atoms. The highest BCUT2D eigenvalue weighted by Gasteiger charge is 2.42. The van der Waals surface area contributed by atoms with E-state index in [0.29, 0.717) is 0 Å². The molecule has 1 aliphatic heterocycles. The first-order valence-electron chi connectivity index (χ1n) is 11.4. The lowest BCUT2D eigenvalue weighted by molar-refractivity contribution is -0.152. The lowest BCUT2D eigenvalue weighted by atomic mass is 10.0. The van der Waals surface area contributed by atoms with Crippen LogP contribution < -0.4 is 16.0 Å². The van der Waals surface area contributed by atoms with Crippen molar-refractivity contribution in [2.45, 2.75) is 37.9 Å². The molecule has 3 amide bonds. The Hall–Kier alpha value is -4.17. The Morgan fingerprint density at radius 1 is 0.800 bits per heavy atom. The first-order valence-corrected chi connectivity index (χ1v) is 11.4. The molecule has 0 aromatic heterocycles. The molecular weight excluding hydrogens is 446 g/mol. The van der Waals surface area contributed by atoms with Gasteiger partial charge in [0.05, 0.1) is 6.61 Å². The average molecular weight is 474 g/mol. The van der Waals surface area contributed by atoms with Crippen molar-refractivity contribution in [3.05, 3.63) is 108 Å². The molecule has 1 heterocycles. The molecule has 1 fully saturated rings. The van der Waals surface area contributed by atoms with Crippen molar-refractivity contribution in [3.63, 3.8) is 0 Å². The number of carbonyl (C=O) groups excluding carboxylic acids is 3. The highest BCUT2D eigenvalue weighted by atomic mass is 16.5. The summed E-state index contributed by atoms with van der Waals surface area (Å²) in [5.41, 5.74) is 2.63. The van der Waals surface area contributed by atoms with Crippen LogP contribution in [0.3, 0.4) is 0 Å². The lowest BCUT2D eigenvalue weighted by Gasteiger charge is -2.37. The molecular formula is C27H27N3O5. The predicted octanol–water partition coefficient (Wildman–Crippen LogP) is 2.68. The van der Waals surface area contributed by atoms with Crippen molar-refractivity contribution >= 4 is 17.9 Å². The van der Waals surface area contributed by atoms with Gasteiger partial charge in [-0.05, 0) is 16.7 Å². The summed E-state index contributed by atoms with van der Waals surface area (Å²) in [5, 5.41) is 7.99. The zero-order valence-corrected chi connectivity index (χ0v) is 19.1. The van der Waals surface area contributed by atoms with Gasteiger partial charge in [-0.1, -0.05) is 91.0 Å². The molecule has 0 spiro atoms. The van der Waals surface area contributed by atoms with Gasteiger partial charge in [-0.15, -0.1) is 0 Å². The molecule has 4 rings (SSSR count). The molecule has 180 valence electrons. The molecule has 3 N–H and O–H groups in total. The molecule has 3 aromatic rings. The van der Waals surface area contributed by atoms with E-state index < -0.39 is 30.3 Å². The van der Waals surface area contributed by atoms with E-state index in [1.54, 1.807) is 0 Å². The number of hydrogen-bond acceptors (Lipinski definition) is 5. The summed E-state index contributed by atoms with van der Waals surface area (Å²) in [6.07, 6.45) is -1.15. The van der Waals surface area contributed by atoms with Crippen molar-refractivity contribution in [2.24, 2.45) is 0 Å². The third-order valence-electron chi connectivity index (χ3n) is 5.54. The number of alkyl carbamates (subject to hydrolysis) is 1. The van der Waals surface area contributed by atoms with Crippen molar-refractivity contribution < 1.29 is 23.9 Å². The van der Waals surface area contributed by atoms with Crippen LogP contribution in [0.2, 0.25) is 0 Å². The monoisotopic (exact) mass is 473 g/mol. The van der Waals surface area contributed by atoms with Gasteiger partial charge in [-0.25, -0.2) is 4.79 Å². The minimum absolute atomic E-state index is 0.0762. The smallest absolute Gasteiger partial charge is 0.408 e. The molecule has 0 unspecified atom stereocenters. The lowest BCUT2D eigenvalue weighted by Crippen LogP contribution is -2.71. The third kappa shape index (κ3) is 6.91. The fourth-order valence-corrected chi connectivity index (χ4v) is 3.61. The van der Waals surface area contributed by atoms with Gasteiger partial charge in [0, 0.05) is 6.42 Å². The van der Waals surface area contributed by atoms with Crippen molar-refractivity contribution in [2.75, 3.05) is 0 Å². The van der Waals surface area contributed by atoms with E-state index in [2.05, 4.69) is 16.0 Å². The molecule has 0 bridgehead atoms. The number of hydrogen-bond donors (Lipinski definition) is 3. The molecule has 1 saturated heterocycles. The van der Waals surface area contributed by atoms with Crippen LogP contribution in [-0.4, -0.2) is 36.2 Å². The van der Waals surface area contributed by atoms with Crippen LogP contribution in [0, 0.1) is 0 Å². The second-order valence-corrected chi connectivity index (χ2v) is 8.16. The zero-order chi connectivity index (χ0) is 24.5. The standard InChI is InChI=1S/C27H27N3O5/c31-24(29-23-25(32)30-26(23)34-17-20-12-6-2-7-13-20)22(16-19-10-4-1-5-11-19)28-27(33)35-18-21-14-8-3-9-15-21/h1-15,22-23,26H,16-18H2,(H,28,33)(H,29,31)(H,30,32)/t22-,23+,26-/m0/s1. The van der Waals surface area contributed by atoms with E-state index >= 15 is 0 Å². The van der Waals surface area contributed by atoms with Crippen LogP contribution in [-0.2, 0) is 38.7 Å². The van der Waals surface area contributed by atoms with E-state index in [-0.39, 0.29) is 25.5 Å². The third-order valence-corrected chi connectivity index (χ3v) is 5.54. The van der Waals surface area contributed by atoms with E-state index in [1.165, 1.54) is 0 Å². The van der Waals surface area contributed by atoms with Crippen LogP contribution in [0.5, 0.6) is 0 Å². The highest BCUT2D eigenvalue weighted by Crippen LogP contribution is 2.13. The predicted molar refractivity (Wildman–Crippen MR) is 129 cm³/mol. The summed E-state index contributed by atoms with van der Waals surface area (Å²) in [6, 6.07) is 26.3. The number of carbonyl (C=O) groups is 3. The van der Waals surface area contributed by atoms with E-state index in [9.17, 15) is 14.4 Å². The van der Waals surface area contributed by atoms with Crippen molar-refractivity contribution in [1.29, 1.82) is 0 Å². The molecule has 3 atom stereocenters. The Balaban J connectivity index is 1.36. The molecule has 0 aliphatic carbocycles. The maximum atomic E-state index is 13.1. The number of β-lactam (4-membered cyclic amide) rings is 1. The minimum atomic E-state index is -0.941. The summed E-state index contributed by atoms with van der Waals surface area (Å²) in [5.74, 6) is -0.847. The average Bonchev–Trinajstić information content (AvgIpc) is 2.89. The minimum Gasteiger partial charge on any atom is -0.445 e. The number of rotatable bonds is 10. The van der Waals surface area contributed by atoms with Gasteiger partial charge >= 0.3 is 6.09 Å². The van der Waals surface area contributed by atoms with Crippen LogP contribution >= 0.6 is 0 Å². The number of ether oxygens (including phenoxy) is 2. The number of nitrogens with one attached hydrogen (secondary N) is 3. The van der Waals surface area contributed by atoms with Crippen molar-refractivity contribution in [1.82, 2.24) is 16.0 Å². The zero-order valence-electron chi connectivity index (χ0n) is 19.1. The maximum absolute atomic E-state index is 13.1. The maximum Gasteiger partial charge on any atom is 0.408 e. The van der Waals surface area contributed by atoms with Gasteiger partial charge in [-0.2, -0.15) is 0 Å². The summed E-state index contributed by atoms with van der Waals surface area (Å²) >= 11 is 0. The Labute approximate surface area is 203 Å². The Morgan fingerprint density at radius 3 is 1.91 bits per heavy atom. The second-order valence-electron chi connectivity index (χ2n) is 8.16. The van der Waals surface area contributed by atoms with E-state index in [4.69, 9.17) is 9.47 Å². The second kappa shape index (κ2) is 11.8. The van der Waals surface area contributed by atoms with E-state index in [1.807, 2.05) is 91.0 Å². The topological polar surface area (TPSA) is 106 Å². The molecule has 3 aromatic carbocycles. The largest absolute Gasteiger partial charge is 0.445 e. The van der Waals surface area contributed by atoms with Gasteiger partial charge < -0.3 is 25.4 Å². The highest BCUT2D eigenvalue weighted by molar-refractivity contribution is 5.95. The fourth-order valence-electron chi connectivity index (χ4n) is 3.61. The number of amides is 3. The number of benzene rings is 3. The van der Waals surface area contributed by atoms with Crippen LogP contribution in [0.15, 0.2) is 91.0 Å². The summed E-state index contributed by atoms with van der Waals surface area (Å²) in [7, 11) is 0. The fraction of sp³-hybridized carbons (Fsp3) is 0.222. The van der Waals surface area contributed by atoms with E-state index in [0.717, 1.165) is 16.7 Å². The Bertz CT molecular complexity index is 1130. The van der Waals surface area contributed by atoms with Crippen molar-refractivity contribution in [3.8, 4) is 0 Å². The molecule has 8 heteroatoms. The summed E-state index contributed by atoms with van der Waals surface area (Å²) < 4.78 is 11.0. The van der Waals surface area contributed by atoms with Gasteiger partial charge in [0.2, 0.25) is 11.8 Å². The first kappa shape index (κ1) is 24.0. The van der Waals surface area contributed by atoms with Gasteiger partial charge in [0.15, 0.2) is 12.3 Å². The van der Waals surface area contributed by atoms with Gasteiger partial charge in [-0.3, -0.25) is 9.59 Å². The molecule has 1 aliphatic rings. The molecule has 0 radical (unpaired) electrons. The Morgan fingerprint density at radius 2 is 1.34 bits per heavy atom. The van der Waals surface area contributed by atoms with Gasteiger partial charge in [0.1, 0.15) is 12.6 Å². The molecule has 0 saturated carbocycles. The van der Waals surface area contributed by atoms with Gasteiger partial charge in [0.25, 0.3) is 0 Å². The SMILES string of the molecule is O=C(N[C@@H](Cc1ccccc1)C(=O)N[C@@H]1C(=O)N[C@H]1OCc1ccccc1)OCc1ccccc1. The molecule has 8 nitrogen and oxygen atoms in total.